The molecule has 0 aliphatic heterocycles. The normalized spacial score (nSPS) is 31.5. The molecule has 0 aromatic heterocycles. The number of carbonyl (C=O) groups is 1. The Balaban J connectivity index is 2.42. The van der Waals surface area contributed by atoms with Crippen LogP contribution in [0.25, 0.3) is 0 Å². The summed E-state index contributed by atoms with van der Waals surface area (Å²) < 4.78 is 0. The number of hydrogen-bond acceptors (Lipinski definition) is 1. The third-order valence-corrected chi connectivity index (χ3v) is 3.74. The lowest BCUT2D eigenvalue weighted by Crippen LogP contribution is -2.20. The van der Waals surface area contributed by atoms with E-state index in [1.165, 1.54) is 30.4 Å². The number of hydrogen-bond donors (Lipinski definition) is 0. The monoisotopic (exact) mass is 190 g/mol. The van der Waals surface area contributed by atoms with Gasteiger partial charge in [0.2, 0.25) is 0 Å². The molecule has 0 saturated heterocycles. The lowest BCUT2D eigenvalue weighted by Gasteiger charge is -2.32. The van der Waals surface area contributed by atoms with Crippen molar-refractivity contribution in [2.45, 2.75) is 46.5 Å². The SMILES string of the molecule is CC(=O)C1=CC2=C(C)CCCC2(C)C1. The zero-order valence-corrected chi connectivity index (χ0v) is 9.31. The Labute approximate surface area is 85.9 Å². The van der Waals surface area contributed by atoms with Crippen molar-refractivity contribution in [3.63, 3.8) is 0 Å². The second-order valence-electron chi connectivity index (χ2n) is 5.01. The number of Topliss-reactive ketones (excluding diaryl/α,β-unsaturated/α-hetero) is 1. The van der Waals surface area contributed by atoms with Gasteiger partial charge in [-0.1, -0.05) is 18.6 Å². The number of ketones is 1. The van der Waals surface area contributed by atoms with Crippen molar-refractivity contribution in [3.05, 3.63) is 22.8 Å². The summed E-state index contributed by atoms with van der Waals surface area (Å²) in [5.41, 5.74) is 4.26. The summed E-state index contributed by atoms with van der Waals surface area (Å²) in [5.74, 6) is 0.251. The average molecular weight is 190 g/mol. The van der Waals surface area contributed by atoms with Crippen LogP contribution in [-0.2, 0) is 4.79 Å². The van der Waals surface area contributed by atoms with Gasteiger partial charge in [0.15, 0.2) is 5.78 Å². The molecule has 14 heavy (non-hydrogen) atoms. The molecule has 76 valence electrons. The summed E-state index contributed by atoms with van der Waals surface area (Å²) in [6.45, 7) is 6.20. The molecule has 0 amide bonds. The van der Waals surface area contributed by atoms with Crippen LogP contribution in [0.4, 0.5) is 0 Å². The zero-order chi connectivity index (χ0) is 10.3. The molecule has 2 rings (SSSR count). The first kappa shape index (κ1) is 9.70. The van der Waals surface area contributed by atoms with Crippen molar-refractivity contribution in [2.24, 2.45) is 5.41 Å². The van der Waals surface area contributed by atoms with Crippen LogP contribution in [0.5, 0.6) is 0 Å². The fourth-order valence-corrected chi connectivity index (χ4v) is 2.88. The smallest absolute Gasteiger partial charge is 0.155 e. The third-order valence-electron chi connectivity index (χ3n) is 3.74. The molecule has 1 nitrogen and oxygen atoms in total. The molecule has 0 bridgehead atoms. The first-order valence-electron chi connectivity index (χ1n) is 5.45. The molecule has 0 fully saturated rings. The highest BCUT2D eigenvalue weighted by atomic mass is 16.1. The molecule has 0 aromatic carbocycles. The van der Waals surface area contributed by atoms with Crippen molar-refractivity contribution >= 4 is 5.78 Å². The summed E-state index contributed by atoms with van der Waals surface area (Å²) >= 11 is 0. The van der Waals surface area contributed by atoms with E-state index in [9.17, 15) is 4.79 Å². The maximum Gasteiger partial charge on any atom is 0.155 e. The van der Waals surface area contributed by atoms with E-state index in [0.29, 0.717) is 0 Å². The molecule has 0 N–H and O–H groups in total. The number of fused-ring (bicyclic) bond motifs is 1. The van der Waals surface area contributed by atoms with Crippen LogP contribution >= 0.6 is 0 Å². The average Bonchev–Trinajstić information content (AvgIpc) is 2.44. The molecule has 2 aliphatic carbocycles. The van der Waals surface area contributed by atoms with E-state index >= 15 is 0 Å². The lowest BCUT2D eigenvalue weighted by molar-refractivity contribution is -0.113. The lowest BCUT2D eigenvalue weighted by atomic mass is 9.72. The molecular weight excluding hydrogens is 172 g/mol. The van der Waals surface area contributed by atoms with Gasteiger partial charge in [-0.2, -0.15) is 0 Å². The maximum atomic E-state index is 11.3. The quantitative estimate of drug-likeness (QED) is 0.619. The Morgan fingerprint density at radius 3 is 2.79 bits per heavy atom. The van der Waals surface area contributed by atoms with Gasteiger partial charge in [-0.25, -0.2) is 0 Å². The van der Waals surface area contributed by atoms with Gasteiger partial charge in [-0.3, -0.25) is 4.79 Å². The molecule has 2 aliphatic rings. The van der Waals surface area contributed by atoms with Crippen LogP contribution in [0.1, 0.15) is 46.5 Å². The fourth-order valence-electron chi connectivity index (χ4n) is 2.88. The van der Waals surface area contributed by atoms with Gasteiger partial charge in [0.05, 0.1) is 0 Å². The van der Waals surface area contributed by atoms with Gasteiger partial charge < -0.3 is 0 Å². The van der Waals surface area contributed by atoms with Gasteiger partial charge in [0, 0.05) is 0 Å². The van der Waals surface area contributed by atoms with Crippen LogP contribution in [0.3, 0.4) is 0 Å². The molecule has 0 spiro atoms. The van der Waals surface area contributed by atoms with E-state index < -0.39 is 0 Å². The van der Waals surface area contributed by atoms with Gasteiger partial charge in [-0.05, 0) is 56.1 Å². The molecule has 0 radical (unpaired) electrons. The van der Waals surface area contributed by atoms with Crippen molar-refractivity contribution in [2.75, 3.05) is 0 Å². The summed E-state index contributed by atoms with van der Waals surface area (Å²) in [7, 11) is 0. The van der Waals surface area contributed by atoms with E-state index in [4.69, 9.17) is 0 Å². The minimum Gasteiger partial charge on any atom is -0.295 e. The standard InChI is InChI=1S/C13H18O/c1-9-5-4-6-13(3)8-11(10(2)14)7-12(9)13/h7H,4-6,8H2,1-3H3. The molecule has 0 saturated carbocycles. The largest absolute Gasteiger partial charge is 0.295 e. The summed E-state index contributed by atoms with van der Waals surface area (Å²) in [6.07, 6.45) is 6.86. The fraction of sp³-hybridized carbons (Fsp3) is 0.615. The number of carbonyl (C=O) groups excluding carboxylic acids is 1. The predicted molar refractivity (Wildman–Crippen MR) is 58.0 cm³/mol. The zero-order valence-electron chi connectivity index (χ0n) is 9.31. The number of allylic oxidation sites excluding steroid dienone is 4. The van der Waals surface area contributed by atoms with Crippen molar-refractivity contribution in [1.29, 1.82) is 0 Å². The maximum absolute atomic E-state index is 11.3. The first-order chi connectivity index (χ1) is 6.53. The highest BCUT2D eigenvalue weighted by Gasteiger charge is 2.38. The van der Waals surface area contributed by atoms with Crippen LogP contribution in [0, 0.1) is 5.41 Å². The Kier molecular flexibility index (Phi) is 2.13. The van der Waals surface area contributed by atoms with E-state index in [1.807, 2.05) is 0 Å². The van der Waals surface area contributed by atoms with E-state index in [2.05, 4.69) is 19.9 Å². The summed E-state index contributed by atoms with van der Waals surface area (Å²) in [5, 5.41) is 0. The second kappa shape index (κ2) is 3.08. The van der Waals surface area contributed by atoms with Crippen LogP contribution in [0.2, 0.25) is 0 Å². The topological polar surface area (TPSA) is 17.1 Å². The van der Waals surface area contributed by atoms with Gasteiger partial charge in [0.25, 0.3) is 0 Å². The van der Waals surface area contributed by atoms with E-state index in [-0.39, 0.29) is 11.2 Å². The molecular formula is C13H18O. The molecule has 1 heteroatoms. The Bertz CT molecular complexity index is 346. The molecule has 1 unspecified atom stereocenters. The van der Waals surface area contributed by atoms with Gasteiger partial charge >= 0.3 is 0 Å². The van der Waals surface area contributed by atoms with Crippen LogP contribution in [-0.4, -0.2) is 5.78 Å². The third kappa shape index (κ3) is 1.35. The van der Waals surface area contributed by atoms with E-state index in [0.717, 1.165) is 12.0 Å². The summed E-state index contributed by atoms with van der Waals surface area (Å²) in [6, 6.07) is 0. The minimum absolute atomic E-state index is 0.251. The first-order valence-corrected chi connectivity index (χ1v) is 5.45. The minimum atomic E-state index is 0.251. The molecule has 1 atom stereocenters. The number of rotatable bonds is 1. The van der Waals surface area contributed by atoms with Crippen molar-refractivity contribution < 1.29 is 4.79 Å². The van der Waals surface area contributed by atoms with Gasteiger partial charge in [0.1, 0.15) is 0 Å². The van der Waals surface area contributed by atoms with Gasteiger partial charge in [-0.15, -0.1) is 0 Å². The highest BCUT2D eigenvalue weighted by Crippen LogP contribution is 2.50. The second-order valence-corrected chi connectivity index (χ2v) is 5.01. The van der Waals surface area contributed by atoms with Crippen molar-refractivity contribution in [3.8, 4) is 0 Å². The van der Waals surface area contributed by atoms with Crippen LogP contribution in [0.15, 0.2) is 22.8 Å². The van der Waals surface area contributed by atoms with Crippen LogP contribution < -0.4 is 0 Å². The molecule has 0 aromatic rings. The summed E-state index contributed by atoms with van der Waals surface area (Å²) in [4.78, 5) is 11.3. The van der Waals surface area contributed by atoms with E-state index in [1.54, 1.807) is 6.92 Å². The van der Waals surface area contributed by atoms with Crippen molar-refractivity contribution in [1.82, 2.24) is 0 Å². The Hall–Kier alpha value is -0.850. The highest BCUT2D eigenvalue weighted by molar-refractivity contribution is 5.95. The predicted octanol–water partition coefficient (Wildman–Crippen LogP) is 3.41. The Morgan fingerprint density at radius 1 is 1.50 bits per heavy atom. The Morgan fingerprint density at radius 2 is 2.21 bits per heavy atom. The molecule has 0 heterocycles.